The van der Waals surface area contributed by atoms with Gasteiger partial charge in [0.1, 0.15) is 0 Å². The Kier molecular flexibility index (Phi) is 5.37. The van der Waals surface area contributed by atoms with Crippen molar-refractivity contribution in [2.75, 3.05) is 31.1 Å². The first-order valence-electron chi connectivity index (χ1n) is 8.42. The number of sulfonamides is 1. The third-order valence-electron chi connectivity index (χ3n) is 4.71. The van der Waals surface area contributed by atoms with Gasteiger partial charge in [-0.3, -0.25) is 4.79 Å². The Morgan fingerprint density at radius 1 is 1.00 bits per heavy atom. The van der Waals surface area contributed by atoms with Gasteiger partial charge in [-0.2, -0.15) is 4.31 Å². The predicted octanol–water partition coefficient (Wildman–Crippen LogP) is 3.36. The Labute approximate surface area is 159 Å². The lowest BCUT2D eigenvalue weighted by Crippen LogP contribution is -2.48. The number of benzene rings is 2. The van der Waals surface area contributed by atoms with Crippen LogP contribution in [0.5, 0.6) is 0 Å². The summed E-state index contributed by atoms with van der Waals surface area (Å²) in [7, 11) is -3.56. The lowest BCUT2D eigenvalue weighted by Gasteiger charge is -2.35. The van der Waals surface area contributed by atoms with Crippen molar-refractivity contribution in [1.82, 2.24) is 4.31 Å². The van der Waals surface area contributed by atoms with E-state index in [1.54, 1.807) is 37.3 Å². The zero-order valence-electron chi connectivity index (χ0n) is 14.8. The van der Waals surface area contributed by atoms with Crippen LogP contribution in [0.25, 0.3) is 0 Å². The van der Waals surface area contributed by atoms with Crippen molar-refractivity contribution in [3.8, 4) is 0 Å². The van der Waals surface area contributed by atoms with Gasteiger partial charge in [-0.05, 0) is 55.8 Å². The van der Waals surface area contributed by atoms with Gasteiger partial charge in [-0.25, -0.2) is 8.42 Å². The topological polar surface area (TPSA) is 57.7 Å². The number of anilines is 1. The first-order chi connectivity index (χ1) is 12.3. The molecule has 0 amide bonds. The van der Waals surface area contributed by atoms with Crippen LogP contribution in [-0.4, -0.2) is 44.7 Å². The van der Waals surface area contributed by atoms with Gasteiger partial charge in [-0.1, -0.05) is 17.7 Å². The number of carbonyl (C=O) groups is 1. The highest BCUT2D eigenvalue weighted by molar-refractivity contribution is 7.89. The van der Waals surface area contributed by atoms with Crippen LogP contribution in [0.1, 0.15) is 22.8 Å². The normalized spacial score (nSPS) is 15.9. The molecular formula is C19H21ClN2O3S. The number of nitrogens with zero attached hydrogens (tertiary/aromatic N) is 2. The average molecular weight is 393 g/mol. The van der Waals surface area contributed by atoms with Gasteiger partial charge >= 0.3 is 0 Å². The van der Waals surface area contributed by atoms with E-state index >= 15 is 0 Å². The van der Waals surface area contributed by atoms with Gasteiger partial charge in [0.2, 0.25) is 10.0 Å². The fraction of sp³-hybridized carbons (Fsp3) is 0.316. The lowest BCUT2D eigenvalue weighted by molar-refractivity contribution is 0.101. The van der Waals surface area contributed by atoms with E-state index < -0.39 is 10.0 Å². The van der Waals surface area contributed by atoms with Gasteiger partial charge in [0.15, 0.2) is 5.78 Å². The molecular weight excluding hydrogens is 372 g/mol. The van der Waals surface area contributed by atoms with E-state index in [1.165, 1.54) is 11.2 Å². The maximum Gasteiger partial charge on any atom is 0.243 e. The van der Waals surface area contributed by atoms with Crippen molar-refractivity contribution in [2.45, 2.75) is 18.7 Å². The molecule has 2 aromatic carbocycles. The molecule has 1 aliphatic rings. The summed E-state index contributed by atoms with van der Waals surface area (Å²) in [5.74, 6) is 0.0318. The largest absolute Gasteiger partial charge is 0.369 e. The molecule has 1 fully saturated rings. The van der Waals surface area contributed by atoms with Crippen molar-refractivity contribution in [3.05, 3.63) is 58.6 Å². The van der Waals surface area contributed by atoms with Crippen molar-refractivity contribution < 1.29 is 13.2 Å². The minimum Gasteiger partial charge on any atom is -0.369 e. The summed E-state index contributed by atoms with van der Waals surface area (Å²) in [5, 5.41) is 0.454. The highest BCUT2D eigenvalue weighted by atomic mass is 35.5. The van der Waals surface area contributed by atoms with Crippen LogP contribution < -0.4 is 4.90 Å². The highest BCUT2D eigenvalue weighted by Gasteiger charge is 2.30. The van der Waals surface area contributed by atoms with Crippen LogP contribution >= 0.6 is 11.6 Å². The Morgan fingerprint density at radius 3 is 2.19 bits per heavy atom. The quantitative estimate of drug-likeness (QED) is 0.748. The second-order valence-electron chi connectivity index (χ2n) is 6.36. The molecule has 26 heavy (non-hydrogen) atoms. The summed E-state index contributed by atoms with van der Waals surface area (Å²) in [5.41, 5.74) is 2.24. The summed E-state index contributed by atoms with van der Waals surface area (Å²) in [6.45, 7) is 5.26. The number of carbonyl (C=O) groups excluding carboxylic acids is 1. The average Bonchev–Trinajstić information content (AvgIpc) is 2.64. The van der Waals surface area contributed by atoms with E-state index in [0.717, 1.165) is 5.69 Å². The van der Waals surface area contributed by atoms with E-state index in [-0.39, 0.29) is 10.7 Å². The van der Waals surface area contributed by atoms with E-state index in [2.05, 4.69) is 4.90 Å². The molecule has 138 valence electrons. The summed E-state index contributed by atoms with van der Waals surface area (Å²) in [6.07, 6.45) is 0. The van der Waals surface area contributed by atoms with Crippen molar-refractivity contribution >= 4 is 33.1 Å². The SMILES string of the molecule is CC(=O)c1ccc(N2CCN(S(=O)(=O)c3cccc(Cl)c3C)CC2)cc1. The first kappa shape index (κ1) is 18.9. The van der Waals surface area contributed by atoms with Gasteiger partial charge in [0.25, 0.3) is 0 Å². The molecule has 0 spiro atoms. The number of piperazine rings is 1. The van der Waals surface area contributed by atoms with Crippen LogP contribution in [0.3, 0.4) is 0 Å². The molecule has 7 heteroatoms. The third-order valence-corrected chi connectivity index (χ3v) is 7.17. The fourth-order valence-corrected chi connectivity index (χ4v) is 5.00. The summed E-state index contributed by atoms with van der Waals surface area (Å²) in [6, 6.07) is 12.4. The minimum atomic E-state index is -3.56. The molecule has 0 unspecified atom stereocenters. The van der Waals surface area contributed by atoms with E-state index in [4.69, 9.17) is 11.6 Å². The van der Waals surface area contributed by atoms with Crippen LogP contribution in [0.15, 0.2) is 47.4 Å². The van der Waals surface area contributed by atoms with Crippen molar-refractivity contribution in [1.29, 1.82) is 0 Å². The van der Waals surface area contributed by atoms with E-state index in [1.807, 2.05) is 12.1 Å². The van der Waals surface area contributed by atoms with Crippen LogP contribution in [0, 0.1) is 6.92 Å². The van der Waals surface area contributed by atoms with Crippen molar-refractivity contribution in [2.24, 2.45) is 0 Å². The Morgan fingerprint density at radius 2 is 1.62 bits per heavy atom. The Balaban J connectivity index is 1.73. The molecule has 1 saturated heterocycles. The minimum absolute atomic E-state index is 0.0318. The second kappa shape index (κ2) is 7.39. The van der Waals surface area contributed by atoms with Crippen LogP contribution in [0.2, 0.25) is 5.02 Å². The summed E-state index contributed by atoms with van der Waals surface area (Å²) < 4.78 is 27.4. The number of hydrogen-bond acceptors (Lipinski definition) is 4. The molecule has 0 N–H and O–H groups in total. The molecule has 1 heterocycles. The molecule has 3 rings (SSSR count). The van der Waals surface area contributed by atoms with Gasteiger partial charge in [0.05, 0.1) is 4.90 Å². The zero-order chi connectivity index (χ0) is 18.9. The lowest BCUT2D eigenvalue weighted by atomic mass is 10.1. The molecule has 0 saturated carbocycles. The second-order valence-corrected chi connectivity index (χ2v) is 8.67. The number of hydrogen-bond donors (Lipinski definition) is 0. The molecule has 0 aliphatic carbocycles. The zero-order valence-corrected chi connectivity index (χ0v) is 16.3. The van der Waals surface area contributed by atoms with Crippen LogP contribution in [0.4, 0.5) is 5.69 Å². The molecule has 1 aliphatic heterocycles. The molecule has 0 bridgehead atoms. The maximum absolute atomic E-state index is 12.9. The Hall–Kier alpha value is -1.89. The monoisotopic (exact) mass is 392 g/mol. The number of halogens is 1. The molecule has 5 nitrogen and oxygen atoms in total. The molecule has 0 atom stereocenters. The van der Waals surface area contributed by atoms with Crippen molar-refractivity contribution in [3.63, 3.8) is 0 Å². The third kappa shape index (κ3) is 3.63. The van der Waals surface area contributed by atoms with Gasteiger partial charge in [-0.15, -0.1) is 0 Å². The summed E-state index contributed by atoms with van der Waals surface area (Å²) in [4.78, 5) is 13.8. The predicted molar refractivity (Wildman–Crippen MR) is 104 cm³/mol. The maximum atomic E-state index is 12.9. The van der Waals surface area contributed by atoms with E-state index in [9.17, 15) is 13.2 Å². The molecule has 0 radical (unpaired) electrons. The van der Waals surface area contributed by atoms with Gasteiger partial charge in [0, 0.05) is 42.5 Å². The van der Waals surface area contributed by atoms with Gasteiger partial charge < -0.3 is 4.90 Å². The smallest absolute Gasteiger partial charge is 0.243 e. The highest BCUT2D eigenvalue weighted by Crippen LogP contribution is 2.27. The number of Topliss-reactive ketones (excluding diaryl/α,β-unsaturated/α-hetero) is 1. The fourth-order valence-electron chi connectivity index (χ4n) is 3.10. The standard InChI is InChI=1S/C19H21ClN2O3S/c1-14-18(20)4-3-5-19(14)26(24,25)22-12-10-21(11-13-22)17-8-6-16(7-9-17)15(2)23/h3-9H,10-13H2,1-2H3. The number of rotatable bonds is 4. The molecule has 2 aromatic rings. The summed E-state index contributed by atoms with van der Waals surface area (Å²) >= 11 is 6.08. The van der Waals surface area contributed by atoms with E-state index in [0.29, 0.717) is 42.3 Å². The van der Waals surface area contributed by atoms with Crippen LogP contribution in [-0.2, 0) is 10.0 Å². The Bertz CT molecular complexity index is 918. The number of ketones is 1. The first-order valence-corrected chi connectivity index (χ1v) is 10.2. The molecule has 0 aromatic heterocycles.